The second-order valence-corrected chi connectivity index (χ2v) is 9.27. The number of benzene rings is 2. The average molecular weight is 456 g/mol. The van der Waals surface area contributed by atoms with Crippen LogP contribution in [-0.2, 0) is 21.4 Å². The monoisotopic (exact) mass is 456 g/mol. The van der Waals surface area contributed by atoms with E-state index in [1.54, 1.807) is 37.3 Å². The Balaban J connectivity index is 1.84. The summed E-state index contributed by atoms with van der Waals surface area (Å²) in [5, 5.41) is 19.4. The van der Waals surface area contributed by atoms with Gasteiger partial charge in [0.25, 0.3) is 5.91 Å². The highest BCUT2D eigenvalue weighted by atomic mass is 32.2. The second kappa shape index (κ2) is 8.13. The van der Waals surface area contributed by atoms with Crippen molar-refractivity contribution in [3.63, 3.8) is 0 Å². The van der Waals surface area contributed by atoms with E-state index in [2.05, 4.69) is 0 Å². The molecule has 0 radical (unpaired) electrons. The number of furan rings is 1. The summed E-state index contributed by atoms with van der Waals surface area (Å²) >= 11 is 0. The molecule has 1 aliphatic heterocycles. The van der Waals surface area contributed by atoms with Gasteiger partial charge in [-0.05, 0) is 48.9 Å². The largest absolute Gasteiger partial charge is 0.508 e. The van der Waals surface area contributed by atoms with Crippen molar-refractivity contribution >= 4 is 27.6 Å². The molecule has 4 rings (SSSR count). The van der Waals surface area contributed by atoms with E-state index in [0.29, 0.717) is 16.8 Å². The molecule has 1 amide bonds. The number of aromatic hydroxyl groups is 1. The van der Waals surface area contributed by atoms with Crippen molar-refractivity contribution in [2.75, 3.05) is 11.4 Å². The van der Waals surface area contributed by atoms with Gasteiger partial charge in [-0.25, -0.2) is 8.42 Å². The Bertz CT molecular complexity index is 1280. The number of carboxylic acid groups (broad SMARTS) is 1. The lowest BCUT2D eigenvalue weighted by Crippen LogP contribution is -2.50. The molecule has 1 aromatic heterocycles. The van der Waals surface area contributed by atoms with Gasteiger partial charge >= 0.3 is 5.97 Å². The summed E-state index contributed by atoms with van der Waals surface area (Å²) in [4.78, 5) is 26.6. The number of phenolic OH excluding ortho intramolecular Hbond substituents is 1. The number of hydrogen-bond donors (Lipinski definition) is 2. The zero-order valence-corrected chi connectivity index (χ0v) is 17.8. The molecular formula is C22H20N2O7S. The summed E-state index contributed by atoms with van der Waals surface area (Å²) in [6.45, 7) is 1.02. The van der Waals surface area contributed by atoms with E-state index in [1.165, 1.54) is 35.4 Å². The minimum atomic E-state index is -4.27. The van der Waals surface area contributed by atoms with Crippen molar-refractivity contribution in [3.8, 4) is 5.75 Å². The van der Waals surface area contributed by atoms with E-state index in [4.69, 9.17) is 4.42 Å². The molecule has 2 N–H and O–H groups in total. The maximum atomic E-state index is 13.4. The minimum absolute atomic E-state index is 0.0544. The fourth-order valence-corrected chi connectivity index (χ4v) is 5.21. The Morgan fingerprint density at radius 1 is 1.06 bits per heavy atom. The third kappa shape index (κ3) is 3.74. The molecule has 0 bridgehead atoms. The first kappa shape index (κ1) is 21.6. The van der Waals surface area contributed by atoms with Gasteiger partial charge in [0.05, 0.1) is 17.7 Å². The molecule has 1 aliphatic rings. The fraction of sp³-hybridized carbons (Fsp3) is 0.182. The quantitative estimate of drug-likeness (QED) is 0.617. The zero-order valence-electron chi connectivity index (χ0n) is 17.0. The van der Waals surface area contributed by atoms with Gasteiger partial charge in [-0.15, -0.1) is 0 Å². The van der Waals surface area contributed by atoms with E-state index in [1.807, 2.05) is 0 Å². The van der Waals surface area contributed by atoms with Crippen molar-refractivity contribution in [3.05, 3.63) is 77.7 Å². The molecule has 0 fully saturated rings. The Morgan fingerprint density at radius 2 is 1.75 bits per heavy atom. The van der Waals surface area contributed by atoms with Crippen LogP contribution in [0.1, 0.15) is 21.7 Å². The smallest absolute Gasteiger partial charge is 0.323 e. The van der Waals surface area contributed by atoms with Crippen molar-refractivity contribution < 1.29 is 32.6 Å². The topological polar surface area (TPSA) is 128 Å². The Kier molecular flexibility index (Phi) is 5.49. The molecule has 10 heteroatoms. The number of nitrogens with zero attached hydrogens (tertiary/aromatic N) is 2. The van der Waals surface area contributed by atoms with Gasteiger partial charge in [0.1, 0.15) is 11.8 Å². The number of amides is 1. The molecular weight excluding hydrogens is 436 g/mol. The van der Waals surface area contributed by atoms with Crippen molar-refractivity contribution in [1.82, 2.24) is 4.31 Å². The molecule has 0 saturated carbocycles. The Hall–Kier alpha value is -3.63. The number of phenols is 1. The van der Waals surface area contributed by atoms with Gasteiger partial charge in [-0.1, -0.05) is 18.2 Å². The number of para-hydroxylation sites is 1. The summed E-state index contributed by atoms with van der Waals surface area (Å²) in [5.74, 6) is -2.02. The average Bonchev–Trinajstić information content (AvgIpc) is 3.10. The molecule has 0 spiro atoms. The number of aliphatic carboxylic acids is 1. The second-order valence-electron chi connectivity index (χ2n) is 7.38. The first-order valence-electron chi connectivity index (χ1n) is 9.67. The first-order chi connectivity index (χ1) is 15.2. The molecule has 9 nitrogen and oxygen atoms in total. The maximum absolute atomic E-state index is 13.4. The number of carbonyl (C=O) groups is 2. The number of hydrogen-bond acceptors (Lipinski definition) is 6. The van der Waals surface area contributed by atoms with Crippen LogP contribution < -0.4 is 4.90 Å². The number of carboxylic acids is 1. The van der Waals surface area contributed by atoms with Crippen LogP contribution in [0, 0.1) is 6.92 Å². The van der Waals surface area contributed by atoms with Gasteiger partial charge in [0.15, 0.2) is 5.76 Å². The third-order valence-corrected chi connectivity index (χ3v) is 7.21. The normalized spacial score (nSPS) is 16.9. The number of fused-ring (bicyclic) bond motifs is 1. The van der Waals surface area contributed by atoms with E-state index in [0.717, 1.165) is 4.31 Å². The Morgan fingerprint density at radius 3 is 2.38 bits per heavy atom. The van der Waals surface area contributed by atoms with E-state index >= 15 is 0 Å². The molecule has 1 unspecified atom stereocenters. The molecule has 0 saturated heterocycles. The van der Waals surface area contributed by atoms with Crippen LogP contribution >= 0.6 is 0 Å². The number of sulfonamides is 1. The van der Waals surface area contributed by atoms with Crippen LogP contribution in [0.4, 0.5) is 5.69 Å². The Labute approximate surface area is 184 Å². The van der Waals surface area contributed by atoms with Gasteiger partial charge in [0, 0.05) is 17.8 Å². The van der Waals surface area contributed by atoms with Crippen LogP contribution in [0.25, 0.3) is 0 Å². The minimum Gasteiger partial charge on any atom is -0.508 e. The van der Waals surface area contributed by atoms with Crippen LogP contribution in [0.5, 0.6) is 5.75 Å². The van der Waals surface area contributed by atoms with Gasteiger partial charge in [0.2, 0.25) is 10.0 Å². The molecule has 3 aromatic rings. The summed E-state index contributed by atoms with van der Waals surface area (Å²) in [6.07, 6.45) is 1.36. The lowest BCUT2D eigenvalue weighted by atomic mass is 10.1. The highest BCUT2D eigenvalue weighted by Crippen LogP contribution is 2.32. The summed E-state index contributed by atoms with van der Waals surface area (Å²) in [7, 11) is -4.27. The first-order valence-corrected chi connectivity index (χ1v) is 11.1. The van der Waals surface area contributed by atoms with Gasteiger partial charge in [-0.2, -0.15) is 4.31 Å². The predicted molar refractivity (Wildman–Crippen MR) is 114 cm³/mol. The molecule has 32 heavy (non-hydrogen) atoms. The lowest BCUT2D eigenvalue weighted by Gasteiger charge is -2.28. The van der Waals surface area contributed by atoms with Crippen LogP contribution in [0.15, 0.2) is 70.2 Å². The number of rotatable bonds is 4. The maximum Gasteiger partial charge on any atom is 0.323 e. The van der Waals surface area contributed by atoms with Crippen LogP contribution in [0.2, 0.25) is 0 Å². The highest BCUT2D eigenvalue weighted by Gasteiger charge is 2.42. The third-order valence-electron chi connectivity index (χ3n) is 5.34. The van der Waals surface area contributed by atoms with Crippen molar-refractivity contribution in [2.45, 2.75) is 24.4 Å². The fourth-order valence-electron chi connectivity index (χ4n) is 3.66. The molecule has 2 aromatic carbocycles. The van der Waals surface area contributed by atoms with Gasteiger partial charge < -0.3 is 19.5 Å². The number of anilines is 1. The summed E-state index contributed by atoms with van der Waals surface area (Å²) in [5.41, 5.74) is 1.45. The van der Waals surface area contributed by atoms with E-state index in [9.17, 15) is 28.2 Å². The zero-order chi connectivity index (χ0) is 23.0. The lowest BCUT2D eigenvalue weighted by molar-refractivity contribution is -0.141. The molecule has 2 heterocycles. The van der Waals surface area contributed by atoms with Gasteiger partial charge in [-0.3, -0.25) is 9.59 Å². The van der Waals surface area contributed by atoms with E-state index < -0.39 is 34.5 Å². The standard InChI is InChI=1S/C22H20N2O7S/c1-14-10-11-31-20(14)21(26)23-13-19(22(27)28)24(12-15-4-2-3-5-18(15)23)32(29,30)17-8-6-16(25)7-9-17/h2-11,19,25H,12-13H2,1H3,(H,27,28). The van der Waals surface area contributed by atoms with Crippen molar-refractivity contribution in [1.29, 1.82) is 0 Å². The van der Waals surface area contributed by atoms with Crippen LogP contribution in [-0.4, -0.2) is 47.4 Å². The van der Waals surface area contributed by atoms with Crippen LogP contribution in [0.3, 0.4) is 0 Å². The van der Waals surface area contributed by atoms with Crippen molar-refractivity contribution in [2.24, 2.45) is 0 Å². The number of aryl methyl sites for hydroxylation is 1. The highest BCUT2D eigenvalue weighted by molar-refractivity contribution is 7.89. The summed E-state index contributed by atoms with van der Waals surface area (Å²) in [6, 6.07) is 11.6. The molecule has 166 valence electrons. The SMILES string of the molecule is Cc1ccoc1C(=O)N1CC(C(=O)O)N(S(=O)(=O)c2ccc(O)cc2)Cc2ccccc21. The molecule has 1 atom stereocenters. The molecule has 0 aliphatic carbocycles. The van der Waals surface area contributed by atoms with E-state index in [-0.39, 0.29) is 22.9 Å². The predicted octanol–water partition coefficient (Wildman–Crippen LogP) is 2.60. The number of carbonyl (C=O) groups excluding carboxylic acids is 1. The summed E-state index contributed by atoms with van der Waals surface area (Å²) < 4.78 is 33.0.